The molecule has 0 spiro atoms. The molecule has 0 radical (unpaired) electrons. The Hall–Kier alpha value is -3.18. The van der Waals surface area contributed by atoms with Gasteiger partial charge in [0, 0.05) is 12.8 Å². The van der Waals surface area contributed by atoms with Gasteiger partial charge in [-0.1, -0.05) is 188 Å². The molecule has 5 heteroatoms. The SMILES string of the molecule is CC/C=C\C/C=C\C/C=C\C/C=C\C/C=C\C/C=C\CCCCCCCCC(=O)OC(CO)COC(=O)CCCCCCCCC/C=C\C/C=C\CCCCCC. The van der Waals surface area contributed by atoms with Crippen molar-refractivity contribution in [1.29, 1.82) is 0 Å². The second-order valence-electron chi connectivity index (χ2n) is 15.1. The van der Waals surface area contributed by atoms with Gasteiger partial charge < -0.3 is 14.6 Å². The van der Waals surface area contributed by atoms with Crippen molar-refractivity contribution < 1.29 is 24.2 Å². The number of carbonyl (C=O) groups excluding carboxylic acids is 2. The van der Waals surface area contributed by atoms with Crippen LogP contribution < -0.4 is 0 Å². The Kier molecular flexibility index (Phi) is 44.6. The van der Waals surface area contributed by atoms with Gasteiger partial charge in [-0.15, -0.1) is 0 Å². The molecule has 0 rings (SSSR count). The van der Waals surface area contributed by atoms with E-state index in [0.29, 0.717) is 12.8 Å². The number of allylic oxidation sites excluding steroid dienone is 16. The van der Waals surface area contributed by atoms with Crippen LogP contribution in [0.3, 0.4) is 0 Å². The summed E-state index contributed by atoms with van der Waals surface area (Å²) < 4.78 is 10.6. The van der Waals surface area contributed by atoms with Crippen molar-refractivity contribution in [3.8, 4) is 0 Å². The minimum atomic E-state index is -0.790. The number of esters is 2. The minimum absolute atomic E-state index is 0.0817. The second kappa shape index (κ2) is 47.2. The van der Waals surface area contributed by atoms with Crippen LogP contribution >= 0.6 is 0 Å². The molecular weight excluding hydrogens is 705 g/mol. The van der Waals surface area contributed by atoms with Crippen LogP contribution in [0.4, 0.5) is 0 Å². The Morgan fingerprint density at radius 2 is 0.754 bits per heavy atom. The van der Waals surface area contributed by atoms with E-state index in [0.717, 1.165) is 96.3 Å². The first kappa shape index (κ1) is 53.8. The summed E-state index contributed by atoms with van der Waals surface area (Å²) in [6.07, 6.45) is 66.2. The first-order valence-corrected chi connectivity index (χ1v) is 23.3. The number of hydrogen-bond donors (Lipinski definition) is 1. The maximum atomic E-state index is 12.2. The lowest BCUT2D eigenvalue weighted by molar-refractivity contribution is -0.161. The van der Waals surface area contributed by atoms with Crippen LogP contribution in [0.25, 0.3) is 0 Å². The van der Waals surface area contributed by atoms with E-state index in [1.807, 2.05) is 0 Å². The molecule has 1 unspecified atom stereocenters. The zero-order chi connectivity index (χ0) is 41.4. The van der Waals surface area contributed by atoms with E-state index in [9.17, 15) is 14.7 Å². The summed E-state index contributed by atoms with van der Waals surface area (Å²) >= 11 is 0. The van der Waals surface area contributed by atoms with E-state index in [4.69, 9.17) is 9.47 Å². The van der Waals surface area contributed by atoms with Crippen LogP contribution in [-0.4, -0.2) is 36.4 Å². The Labute approximate surface area is 351 Å². The fraction of sp³-hybridized carbons (Fsp3) is 0.654. The molecule has 0 aromatic carbocycles. The number of unbranched alkanes of at least 4 members (excludes halogenated alkanes) is 17. The van der Waals surface area contributed by atoms with Crippen molar-refractivity contribution in [2.75, 3.05) is 13.2 Å². The fourth-order valence-electron chi connectivity index (χ4n) is 6.12. The fourth-order valence-corrected chi connectivity index (χ4v) is 6.12. The van der Waals surface area contributed by atoms with Gasteiger partial charge in [0.15, 0.2) is 6.10 Å². The average molecular weight is 791 g/mol. The molecular formula is C52H86O5. The van der Waals surface area contributed by atoms with E-state index in [1.165, 1.54) is 77.0 Å². The van der Waals surface area contributed by atoms with Crippen LogP contribution in [-0.2, 0) is 19.1 Å². The van der Waals surface area contributed by atoms with Gasteiger partial charge in [-0.2, -0.15) is 0 Å². The molecule has 5 nitrogen and oxygen atoms in total. The average Bonchev–Trinajstić information content (AvgIpc) is 3.21. The van der Waals surface area contributed by atoms with Gasteiger partial charge in [-0.25, -0.2) is 0 Å². The molecule has 0 aliphatic rings. The summed E-state index contributed by atoms with van der Waals surface area (Å²) in [4.78, 5) is 24.4. The number of hydrogen-bond acceptors (Lipinski definition) is 5. The van der Waals surface area contributed by atoms with Crippen LogP contribution in [0.2, 0.25) is 0 Å². The Morgan fingerprint density at radius 1 is 0.421 bits per heavy atom. The maximum absolute atomic E-state index is 12.2. The minimum Gasteiger partial charge on any atom is -0.462 e. The number of ether oxygens (including phenoxy) is 2. The molecule has 0 aromatic heterocycles. The van der Waals surface area contributed by atoms with Crippen molar-refractivity contribution in [3.63, 3.8) is 0 Å². The third-order valence-corrected chi connectivity index (χ3v) is 9.61. The van der Waals surface area contributed by atoms with E-state index >= 15 is 0 Å². The predicted molar refractivity (Wildman–Crippen MR) is 246 cm³/mol. The smallest absolute Gasteiger partial charge is 0.306 e. The number of rotatable bonds is 41. The van der Waals surface area contributed by atoms with Gasteiger partial charge in [0.2, 0.25) is 0 Å². The Morgan fingerprint density at radius 3 is 1.14 bits per heavy atom. The molecule has 0 amide bonds. The van der Waals surface area contributed by atoms with Gasteiger partial charge >= 0.3 is 11.9 Å². The van der Waals surface area contributed by atoms with Crippen LogP contribution in [0.1, 0.15) is 200 Å². The normalized spacial score (nSPS) is 13.1. The van der Waals surface area contributed by atoms with Crippen molar-refractivity contribution in [2.24, 2.45) is 0 Å². The van der Waals surface area contributed by atoms with E-state index in [2.05, 4.69) is 111 Å². The molecule has 1 N–H and O–H groups in total. The molecule has 1 atom stereocenters. The molecule has 0 aliphatic heterocycles. The lowest BCUT2D eigenvalue weighted by Gasteiger charge is -2.15. The molecule has 0 bridgehead atoms. The van der Waals surface area contributed by atoms with Gasteiger partial charge in [0.05, 0.1) is 6.61 Å². The van der Waals surface area contributed by atoms with E-state index < -0.39 is 6.10 Å². The van der Waals surface area contributed by atoms with Gasteiger partial charge in [0.1, 0.15) is 6.61 Å². The zero-order valence-corrected chi connectivity index (χ0v) is 36.8. The molecule has 0 aliphatic carbocycles. The Balaban J connectivity index is 3.62. The highest BCUT2D eigenvalue weighted by molar-refractivity contribution is 5.70. The zero-order valence-electron chi connectivity index (χ0n) is 36.8. The molecule has 0 aromatic rings. The van der Waals surface area contributed by atoms with Crippen molar-refractivity contribution in [3.05, 3.63) is 97.2 Å². The van der Waals surface area contributed by atoms with Crippen LogP contribution in [0.15, 0.2) is 97.2 Å². The van der Waals surface area contributed by atoms with Gasteiger partial charge in [-0.05, 0) is 96.3 Å². The first-order valence-electron chi connectivity index (χ1n) is 23.3. The van der Waals surface area contributed by atoms with E-state index in [1.54, 1.807) is 0 Å². The number of aliphatic hydroxyl groups is 1. The molecule has 0 saturated heterocycles. The standard InChI is InChI=1S/C52H86O5/c1-3-5-7-9-11-13-15-17-19-21-23-24-25-26-27-28-29-31-33-35-37-39-41-43-45-47-52(55)57-50(48-53)49-56-51(54)46-44-42-40-38-36-34-32-30-22-20-18-16-14-12-10-8-6-4-2/h5,7,11,13-14,16-17,19-20,22-24,26-27,29,31,50,53H,3-4,6,8-10,12,15,18,21,25,28,30,32-49H2,1-2H3/b7-5-,13-11-,16-14-,19-17-,22-20-,24-23-,27-26-,31-29-. The van der Waals surface area contributed by atoms with Crippen LogP contribution in [0.5, 0.6) is 0 Å². The molecule has 0 fully saturated rings. The first-order chi connectivity index (χ1) is 28.1. The lowest BCUT2D eigenvalue weighted by Crippen LogP contribution is -2.28. The van der Waals surface area contributed by atoms with Crippen molar-refractivity contribution >= 4 is 11.9 Å². The highest BCUT2D eigenvalue weighted by atomic mass is 16.6. The van der Waals surface area contributed by atoms with Gasteiger partial charge in [-0.3, -0.25) is 9.59 Å². The Bertz CT molecular complexity index is 1120. The number of carbonyl (C=O) groups is 2. The predicted octanol–water partition coefficient (Wildman–Crippen LogP) is 15.2. The maximum Gasteiger partial charge on any atom is 0.306 e. The van der Waals surface area contributed by atoms with Gasteiger partial charge in [0.25, 0.3) is 0 Å². The highest BCUT2D eigenvalue weighted by Crippen LogP contribution is 2.13. The summed E-state index contributed by atoms with van der Waals surface area (Å²) in [7, 11) is 0. The second-order valence-corrected chi connectivity index (χ2v) is 15.1. The molecule has 324 valence electrons. The van der Waals surface area contributed by atoms with E-state index in [-0.39, 0.29) is 25.2 Å². The summed E-state index contributed by atoms with van der Waals surface area (Å²) in [6, 6.07) is 0. The summed E-state index contributed by atoms with van der Waals surface area (Å²) in [5, 5.41) is 9.60. The quantitative estimate of drug-likeness (QED) is 0.0379. The molecule has 0 heterocycles. The topological polar surface area (TPSA) is 72.8 Å². The summed E-state index contributed by atoms with van der Waals surface area (Å²) in [5.74, 6) is -0.622. The lowest BCUT2D eigenvalue weighted by atomic mass is 10.1. The largest absolute Gasteiger partial charge is 0.462 e. The van der Waals surface area contributed by atoms with Crippen molar-refractivity contribution in [2.45, 2.75) is 206 Å². The molecule has 57 heavy (non-hydrogen) atoms. The monoisotopic (exact) mass is 791 g/mol. The number of aliphatic hydroxyl groups excluding tert-OH is 1. The molecule has 0 saturated carbocycles. The third-order valence-electron chi connectivity index (χ3n) is 9.61. The highest BCUT2D eigenvalue weighted by Gasteiger charge is 2.16. The summed E-state index contributed by atoms with van der Waals surface area (Å²) in [5.41, 5.74) is 0. The van der Waals surface area contributed by atoms with Crippen molar-refractivity contribution in [1.82, 2.24) is 0 Å². The van der Waals surface area contributed by atoms with Crippen LogP contribution in [0, 0.1) is 0 Å². The third kappa shape index (κ3) is 45.4. The summed E-state index contributed by atoms with van der Waals surface area (Å²) in [6.45, 7) is 3.98.